The number of aromatic nitrogens is 2. The smallest absolute Gasteiger partial charge is 0.269 e. The Bertz CT molecular complexity index is 711. The first-order chi connectivity index (χ1) is 12.0. The number of benzene rings is 1. The highest BCUT2D eigenvalue weighted by atomic mass is 16.6. The zero-order valence-corrected chi connectivity index (χ0v) is 14.4. The summed E-state index contributed by atoms with van der Waals surface area (Å²) in [6, 6.07) is 8.23. The fraction of sp³-hybridized carbons (Fsp3) is 0.412. The topological polar surface area (TPSA) is 102 Å². The van der Waals surface area contributed by atoms with E-state index in [1.165, 1.54) is 12.1 Å². The number of carbonyl (C=O) groups excluding carboxylic acids is 1. The van der Waals surface area contributed by atoms with E-state index in [2.05, 4.69) is 29.6 Å². The highest BCUT2D eigenvalue weighted by Gasteiger charge is 2.11. The molecule has 2 N–H and O–H groups in total. The van der Waals surface area contributed by atoms with Crippen molar-refractivity contribution in [3.63, 3.8) is 0 Å². The third-order valence-electron chi connectivity index (χ3n) is 3.93. The Labute approximate surface area is 146 Å². The maximum atomic E-state index is 12.0. The van der Waals surface area contributed by atoms with Gasteiger partial charge in [0.05, 0.1) is 17.2 Å². The molecule has 25 heavy (non-hydrogen) atoms. The molecule has 2 rings (SSSR count). The van der Waals surface area contributed by atoms with Crippen LogP contribution in [0.15, 0.2) is 36.5 Å². The fourth-order valence-corrected chi connectivity index (χ4v) is 2.33. The number of non-ortho nitro benzene ring substituents is 1. The Balaban J connectivity index is 1.74. The fourth-order valence-electron chi connectivity index (χ4n) is 2.33. The van der Waals surface area contributed by atoms with Gasteiger partial charge < -0.3 is 10.6 Å². The van der Waals surface area contributed by atoms with Crippen LogP contribution in [0.2, 0.25) is 0 Å². The summed E-state index contributed by atoms with van der Waals surface area (Å²) in [5.74, 6) is 0.651. The summed E-state index contributed by atoms with van der Waals surface area (Å²) < 4.78 is 1.81. The molecule has 1 amide bonds. The van der Waals surface area contributed by atoms with Crippen LogP contribution in [0.4, 0.5) is 17.2 Å². The molecule has 0 spiro atoms. The van der Waals surface area contributed by atoms with Crippen LogP contribution in [0.1, 0.15) is 39.2 Å². The van der Waals surface area contributed by atoms with Gasteiger partial charge in [-0.05, 0) is 31.9 Å². The zero-order valence-electron chi connectivity index (χ0n) is 14.4. The van der Waals surface area contributed by atoms with Crippen molar-refractivity contribution in [2.45, 2.75) is 39.2 Å². The lowest BCUT2D eigenvalue weighted by atomic mass is 10.2. The quantitative estimate of drug-likeness (QED) is 0.411. The molecule has 134 valence electrons. The minimum Gasteiger partial charge on any atom is -0.385 e. The van der Waals surface area contributed by atoms with Gasteiger partial charge in [-0.3, -0.25) is 14.9 Å². The average molecular weight is 345 g/mol. The summed E-state index contributed by atoms with van der Waals surface area (Å²) in [4.78, 5) is 22.2. The predicted octanol–water partition coefficient (Wildman–Crippen LogP) is 3.59. The van der Waals surface area contributed by atoms with Crippen molar-refractivity contribution in [3.8, 4) is 0 Å². The van der Waals surface area contributed by atoms with Gasteiger partial charge in [-0.15, -0.1) is 0 Å². The Kier molecular flexibility index (Phi) is 6.50. The van der Waals surface area contributed by atoms with E-state index in [4.69, 9.17) is 0 Å². The molecular formula is C17H23N5O3. The van der Waals surface area contributed by atoms with E-state index < -0.39 is 4.92 Å². The maximum Gasteiger partial charge on any atom is 0.269 e. The molecule has 1 aromatic heterocycles. The number of nitrogens with one attached hydrogen (secondary N) is 2. The van der Waals surface area contributed by atoms with Crippen LogP contribution in [0.5, 0.6) is 0 Å². The van der Waals surface area contributed by atoms with Crippen molar-refractivity contribution in [2.75, 3.05) is 17.2 Å². The van der Waals surface area contributed by atoms with E-state index in [9.17, 15) is 14.9 Å². The SMILES string of the molecule is CCC(C)n1nccc1NC(=O)CCCNc1ccc([N+](=O)[O-])cc1. The molecule has 1 aromatic carbocycles. The number of nitro groups is 1. The third kappa shape index (κ3) is 5.30. The molecule has 8 heteroatoms. The van der Waals surface area contributed by atoms with Crippen molar-refractivity contribution < 1.29 is 9.72 Å². The lowest BCUT2D eigenvalue weighted by Crippen LogP contribution is -2.18. The van der Waals surface area contributed by atoms with Crippen molar-refractivity contribution in [2.24, 2.45) is 0 Å². The minimum atomic E-state index is -0.432. The maximum absolute atomic E-state index is 12.0. The largest absolute Gasteiger partial charge is 0.385 e. The zero-order chi connectivity index (χ0) is 18.2. The van der Waals surface area contributed by atoms with Gasteiger partial charge in [-0.1, -0.05) is 6.92 Å². The highest BCUT2D eigenvalue weighted by molar-refractivity contribution is 5.89. The molecule has 0 saturated carbocycles. The molecular weight excluding hydrogens is 322 g/mol. The second-order valence-corrected chi connectivity index (χ2v) is 5.80. The first-order valence-electron chi connectivity index (χ1n) is 8.33. The average Bonchev–Trinajstić information content (AvgIpc) is 3.06. The van der Waals surface area contributed by atoms with Crippen molar-refractivity contribution in [3.05, 3.63) is 46.6 Å². The monoisotopic (exact) mass is 345 g/mol. The number of nitro benzene ring substituents is 1. The second-order valence-electron chi connectivity index (χ2n) is 5.80. The van der Waals surface area contributed by atoms with Gasteiger partial charge in [0.2, 0.25) is 5.91 Å². The van der Waals surface area contributed by atoms with Gasteiger partial charge in [0.1, 0.15) is 5.82 Å². The van der Waals surface area contributed by atoms with Crippen LogP contribution in [0, 0.1) is 10.1 Å². The summed E-state index contributed by atoms with van der Waals surface area (Å²) in [6.07, 6.45) is 3.65. The van der Waals surface area contributed by atoms with Gasteiger partial charge in [0.15, 0.2) is 0 Å². The number of amides is 1. The third-order valence-corrected chi connectivity index (χ3v) is 3.93. The minimum absolute atomic E-state index is 0.0582. The van der Waals surface area contributed by atoms with Gasteiger partial charge in [0.25, 0.3) is 5.69 Å². The highest BCUT2D eigenvalue weighted by Crippen LogP contribution is 2.17. The van der Waals surface area contributed by atoms with E-state index >= 15 is 0 Å². The lowest BCUT2D eigenvalue weighted by molar-refractivity contribution is -0.384. The van der Waals surface area contributed by atoms with Gasteiger partial charge in [-0.25, -0.2) is 4.68 Å². The van der Waals surface area contributed by atoms with Crippen LogP contribution < -0.4 is 10.6 Å². The van der Waals surface area contributed by atoms with Gasteiger partial charge in [0, 0.05) is 36.9 Å². The molecule has 0 aliphatic rings. The molecule has 0 fully saturated rings. The molecule has 1 unspecified atom stereocenters. The summed E-state index contributed by atoms with van der Waals surface area (Å²) in [7, 11) is 0. The van der Waals surface area contributed by atoms with Crippen molar-refractivity contribution in [1.82, 2.24) is 9.78 Å². The molecule has 0 aliphatic heterocycles. The number of rotatable bonds is 9. The standard InChI is InChI=1S/C17H23N5O3/c1-3-13(2)21-16(10-12-19-21)20-17(23)5-4-11-18-14-6-8-15(9-7-14)22(24)25/h6-10,12-13,18H,3-5,11H2,1-2H3,(H,20,23). The Morgan fingerprint density at radius 2 is 2.04 bits per heavy atom. The van der Waals surface area contributed by atoms with Crippen molar-refractivity contribution >= 4 is 23.1 Å². The first-order valence-corrected chi connectivity index (χ1v) is 8.33. The van der Waals surface area contributed by atoms with E-state index in [1.54, 1.807) is 24.4 Å². The normalized spacial score (nSPS) is 11.8. The number of hydrogen-bond acceptors (Lipinski definition) is 5. The van der Waals surface area contributed by atoms with Crippen LogP contribution >= 0.6 is 0 Å². The number of carbonyl (C=O) groups is 1. The Hall–Kier alpha value is -2.90. The molecule has 1 atom stereocenters. The first kappa shape index (κ1) is 18.4. The molecule has 8 nitrogen and oxygen atoms in total. The Morgan fingerprint density at radius 1 is 1.32 bits per heavy atom. The van der Waals surface area contributed by atoms with E-state index in [0.717, 1.165) is 12.1 Å². The summed E-state index contributed by atoms with van der Waals surface area (Å²) in [5, 5.41) is 20.9. The molecule has 0 aliphatic carbocycles. The summed E-state index contributed by atoms with van der Waals surface area (Å²) >= 11 is 0. The van der Waals surface area contributed by atoms with E-state index in [1.807, 2.05) is 4.68 Å². The molecule has 1 heterocycles. The molecule has 0 radical (unpaired) electrons. The van der Waals surface area contributed by atoms with Gasteiger partial charge in [-0.2, -0.15) is 5.10 Å². The van der Waals surface area contributed by atoms with Gasteiger partial charge >= 0.3 is 0 Å². The Morgan fingerprint density at radius 3 is 2.68 bits per heavy atom. The number of nitrogens with zero attached hydrogens (tertiary/aromatic N) is 3. The van der Waals surface area contributed by atoms with E-state index in [0.29, 0.717) is 25.2 Å². The lowest BCUT2D eigenvalue weighted by Gasteiger charge is -2.14. The molecule has 2 aromatic rings. The van der Waals surface area contributed by atoms with Crippen LogP contribution in [0.3, 0.4) is 0 Å². The summed E-state index contributed by atoms with van der Waals surface area (Å²) in [6.45, 7) is 4.73. The number of anilines is 2. The van der Waals surface area contributed by atoms with Crippen LogP contribution in [-0.4, -0.2) is 27.2 Å². The number of hydrogen-bond donors (Lipinski definition) is 2. The van der Waals surface area contributed by atoms with Crippen LogP contribution in [-0.2, 0) is 4.79 Å². The second kappa shape index (κ2) is 8.81. The van der Waals surface area contributed by atoms with Crippen LogP contribution in [0.25, 0.3) is 0 Å². The van der Waals surface area contributed by atoms with Crippen molar-refractivity contribution in [1.29, 1.82) is 0 Å². The predicted molar refractivity (Wildman–Crippen MR) is 96.7 cm³/mol. The molecule has 0 bridgehead atoms. The summed E-state index contributed by atoms with van der Waals surface area (Å²) in [5.41, 5.74) is 0.851. The van der Waals surface area contributed by atoms with E-state index in [-0.39, 0.29) is 17.6 Å². The molecule has 0 saturated heterocycles.